The largest absolute Gasteiger partial charge is 0.449 e. The maximum atomic E-state index is 13.1. The summed E-state index contributed by atoms with van der Waals surface area (Å²) in [6, 6.07) is 0. The molecule has 2 N–H and O–H groups in total. The van der Waals surface area contributed by atoms with Crippen molar-refractivity contribution in [2.45, 2.75) is 118 Å². The number of hydrogen-bond acceptors (Lipinski definition) is 9. The lowest BCUT2D eigenvalue weighted by Gasteiger charge is -2.42. The van der Waals surface area contributed by atoms with Gasteiger partial charge in [-0.25, -0.2) is 19.6 Å². The number of anilines is 1. The molecule has 2 fully saturated rings. The van der Waals surface area contributed by atoms with Crippen LogP contribution in [0.1, 0.15) is 97.7 Å². The molecule has 0 unspecified atom stereocenters. The fourth-order valence-corrected chi connectivity index (χ4v) is 6.53. The van der Waals surface area contributed by atoms with Crippen molar-refractivity contribution in [1.82, 2.24) is 24.3 Å². The average Bonchev–Trinajstić information content (AvgIpc) is 3.35. The van der Waals surface area contributed by atoms with Gasteiger partial charge in [-0.3, -0.25) is 0 Å². The molecule has 0 radical (unpaired) electrons. The lowest BCUT2D eigenvalue weighted by Crippen LogP contribution is -2.47. The minimum atomic E-state index is -0.591. The van der Waals surface area contributed by atoms with E-state index in [1.54, 1.807) is 9.80 Å². The second-order valence-corrected chi connectivity index (χ2v) is 15.1. The Hall–Kier alpha value is -3.12. The highest BCUT2D eigenvalue weighted by Crippen LogP contribution is 2.36. The number of hydrogen-bond donors (Lipinski definition) is 1. The number of imidazole rings is 1. The van der Waals surface area contributed by atoms with Gasteiger partial charge in [-0.05, 0) is 72.6 Å². The van der Waals surface area contributed by atoms with Gasteiger partial charge in [-0.2, -0.15) is 0 Å². The van der Waals surface area contributed by atoms with Gasteiger partial charge in [-0.1, -0.05) is 20.3 Å². The highest BCUT2D eigenvalue weighted by molar-refractivity contribution is 5.89. The number of likely N-dealkylation sites (tertiary alicyclic amines) is 1. The maximum absolute atomic E-state index is 13.1. The zero-order valence-corrected chi connectivity index (χ0v) is 28.9. The van der Waals surface area contributed by atoms with Crippen LogP contribution in [0.4, 0.5) is 15.4 Å². The van der Waals surface area contributed by atoms with E-state index in [0.717, 1.165) is 66.6 Å². The van der Waals surface area contributed by atoms with E-state index in [-0.39, 0.29) is 17.6 Å². The Bertz CT molecular complexity index is 1400. The minimum Gasteiger partial charge on any atom is -0.449 e. The zero-order chi connectivity index (χ0) is 33.3. The van der Waals surface area contributed by atoms with Crippen LogP contribution < -0.4 is 5.73 Å². The summed E-state index contributed by atoms with van der Waals surface area (Å²) in [6.45, 7) is 18.3. The lowest BCUT2D eigenvalue weighted by atomic mass is 9.91. The molecule has 12 heteroatoms. The number of nitrogens with two attached hydrogens (primary N) is 1. The summed E-state index contributed by atoms with van der Waals surface area (Å²) in [7, 11) is 0. The SMILES string of the molecule is CCCCc1nc2c(N)nc3c(c2n1CC1(C)COC(C)(C)OC1)CCN(C(=O)OCCC1CCN(C(=O)OC(C)(C)C)CC1)C3. The number of nitrogen functional groups attached to an aromatic ring is 1. The van der Waals surface area contributed by atoms with E-state index >= 15 is 0 Å². The number of fused-ring (bicyclic) bond motifs is 3. The van der Waals surface area contributed by atoms with Gasteiger partial charge in [-0.15, -0.1) is 0 Å². The van der Waals surface area contributed by atoms with Gasteiger partial charge < -0.3 is 39.0 Å². The molecule has 2 saturated heterocycles. The number of carbonyl (C=O) groups excluding carboxylic acids is 2. The first-order valence-electron chi connectivity index (χ1n) is 17.0. The molecule has 46 heavy (non-hydrogen) atoms. The summed E-state index contributed by atoms with van der Waals surface area (Å²) in [5.74, 6) is 1.20. The average molecular weight is 643 g/mol. The van der Waals surface area contributed by atoms with Crippen molar-refractivity contribution in [1.29, 1.82) is 0 Å². The first kappa shape index (κ1) is 34.2. The quantitative estimate of drug-likeness (QED) is 0.386. The Morgan fingerprint density at radius 2 is 1.72 bits per heavy atom. The van der Waals surface area contributed by atoms with Crippen LogP contribution in [0.3, 0.4) is 0 Å². The molecule has 3 aliphatic heterocycles. The van der Waals surface area contributed by atoms with Crippen LogP contribution >= 0.6 is 0 Å². The summed E-state index contributed by atoms with van der Waals surface area (Å²) in [6.07, 6.45) is 5.51. The summed E-state index contributed by atoms with van der Waals surface area (Å²) >= 11 is 0. The van der Waals surface area contributed by atoms with Gasteiger partial charge in [0.2, 0.25) is 0 Å². The molecule has 256 valence electrons. The molecule has 2 aromatic heterocycles. The van der Waals surface area contributed by atoms with Gasteiger partial charge in [0.1, 0.15) is 16.9 Å². The number of unbranched alkanes of at least 4 members (excludes halogenated alkanes) is 1. The second-order valence-electron chi connectivity index (χ2n) is 15.1. The van der Waals surface area contributed by atoms with Crippen molar-refractivity contribution >= 4 is 29.0 Å². The Kier molecular flexibility index (Phi) is 10.1. The van der Waals surface area contributed by atoms with Crippen LogP contribution in [0.5, 0.6) is 0 Å². The van der Waals surface area contributed by atoms with Gasteiger partial charge in [0, 0.05) is 43.6 Å². The molecule has 0 atom stereocenters. The van der Waals surface area contributed by atoms with Gasteiger partial charge in [0.05, 0.1) is 37.6 Å². The minimum absolute atomic E-state index is 0.230. The van der Waals surface area contributed by atoms with Crippen molar-refractivity contribution in [2.75, 3.05) is 45.2 Å². The number of ether oxygens (including phenoxy) is 4. The molecular formula is C34H54N6O6. The number of rotatable bonds is 8. The van der Waals surface area contributed by atoms with Gasteiger partial charge in [0.15, 0.2) is 11.6 Å². The number of aryl methyl sites for hydroxylation is 1. The molecule has 2 aromatic rings. The van der Waals surface area contributed by atoms with Gasteiger partial charge >= 0.3 is 12.2 Å². The van der Waals surface area contributed by atoms with Crippen LogP contribution in [0.25, 0.3) is 11.0 Å². The van der Waals surface area contributed by atoms with Gasteiger partial charge in [0.25, 0.3) is 0 Å². The fraction of sp³-hybridized carbons (Fsp3) is 0.765. The molecule has 0 saturated carbocycles. The summed E-state index contributed by atoms with van der Waals surface area (Å²) in [4.78, 5) is 38.8. The summed E-state index contributed by atoms with van der Waals surface area (Å²) in [5.41, 5.74) is 9.45. The molecule has 5 heterocycles. The number of nitrogens with zero attached hydrogens (tertiary/aromatic N) is 5. The third kappa shape index (κ3) is 8.05. The first-order chi connectivity index (χ1) is 21.7. The maximum Gasteiger partial charge on any atom is 0.410 e. The molecular weight excluding hydrogens is 588 g/mol. The Morgan fingerprint density at radius 3 is 2.37 bits per heavy atom. The van der Waals surface area contributed by atoms with Crippen molar-refractivity contribution in [3.05, 3.63) is 17.1 Å². The smallest absolute Gasteiger partial charge is 0.410 e. The Balaban J connectivity index is 1.23. The molecule has 0 aliphatic carbocycles. The Labute approximate surface area is 273 Å². The topological polar surface area (TPSA) is 134 Å². The van der Waals surface area contributed by atoms with E-state index in [9.17, 15) is 9.59 Å². The predicted octanol–water partition coefficient (Wildman–Crippen LogP) is 5.68. The molecule has 2 amide bonds. The summed E-state index contributed by atoms with van der Waals surface area (Å²) in [5, 5.41) is 0. The van der Waals surface area contributed by atoms with Crippen LogP contribution in [0.15, 0.2) is 0 Å². The molecule has 5 rings (SSSR count). The highest BCUT2D eigenvalue weighted by atomic mass is 16.7. The third-order valence-corrected chi connectivity index (χ3v) is 9.26. The standard InChI is InChI=1S/C34H54N6O6/c1-8-9-10-26-37-27-28(40(26)20-34(7)21-44-33(5,6)45-22-34)24-13-17-39(19-25(24)36-29(27)35)30(41)43-18-14-23-11-15-38(16-12-23)31(42)46-32(2,3)4/h23H,8-22H2,1-7H3,(H2,35,36). The molecule has 12 nitrogen and oxygen atoms in total. The zero-order valence-electron chi connectivity index (χ0n) is 28.9. The second kappa shape index (κ2) is 13.5. The number of amides is 2. The number of carbonyl (C=O) groups is 2. The summed E-state index contributed by atoms with van der Waals surface area (Å²) < 4.78 is 25.7. The molecule has 0 bridgehead atoms. The van der Waals surface area contributed by atoms with E-state index in [1.165, 1.54) is 0 Å². The molecule has 3 aliphatic rings. The van der Waals surface area contributed by atoms with E-state index in [2.05, 4.69) is 18.4 Å². The number of aromatic nitrogens is 3. The first-order valence-corrected chi connectivity index (χ1v) is 17.0. The Morgan fingerprint density at radius 1 is 1.02 bits per heavy atom. The van der Waals surface area contributed by atoms with E-state index in [1.807, 2.05) is 34.6 Å². The monoisotopic (exact) mass is 642 g/mol. The molecule has 0 aromatic carbocycles. The molecule has 0 spiro atoms. The van der Waals surface area contributed by atoms with Crippen molar-refractivity contribution in [3.8, 4) is 0 Å². The van der Waals surface area contributed by atoms with Crippen molar-refractivity contribution in [2.24, 2.45) is 11.3 Å². The van der Waals surface area contributed by atoms with E-state index in [4.69, 9.17) is 34.6 Å². The third-order valence-electron chi connectivity index (χ3n) is 9.26. The number of pyridine rings is 1. The lowest BCUT2D eigenvalue weighted by molar-refractivity contribution is -0.284. The normalized spacial score (nSPS) is 20.1. The van der Waals surface area contributed by atoms with Crippen molar-refractivity contribution in [3.63, 3.8) is 0 Å². The van der Waals surface area contributed by atoms with Crippen LogP contribution in [0.2, 0.25) is 0 Å². The van der Waals surface area contributed by atoms with Crippen LogP contribution in [-0.4, -0.2) is 87.4 Å². The van der Waals surface area contributed by atoms with Crippen LogP contribution in [0, 0.1) is 11.3 Å². The van der Waals surface area contributed by atoms with E-state index < -0.39 is 11.4 Å². The fourth-order valence-electron chi connectivity index (χ4n) is 6.53. The highest BCUT2D eigenvalue weighted by Gasteiger charge is 2.38. The predicted molar refractivity (Wildman–Crippen MR) is 175 cm³/mol. The van der Waals surface area contributed by atoms with E-state index in [0.29, 0.717) is 70.7 Å². The van der Waals surface area contributed by atoms with Crippen LogP contribution in [-0.2, 0) is 44.9 Å². The van der Waals surface area contributed by atoms with Crippen molar-refractivity contribution < 1.29 is 28.5 Å². The number of piperidine rings is 1.